The van der Waals surface area contributed by atoms with E-state index in [1.165, 1.54) is 11.1 Å². The molecule has 116 valence electrons. The molecule has 0 radical (unpaired) electrons. The van der Waals surface area contributed by atoms with E-state index < -0.39 is 0 Å². The van der Waals surface area contributed by atoms with Gasteiger partial charge in [0.15, 0.2) is 0 Å². The molecule has 2 nitrogen and oxygen atoms in total. The van der Waals surface area contributed by atoms with Gasteiger partial charge in [0.1, 0.15) is 0 Å². The lowest BCUT2D eigenvalue weighted by Crippen LogP contribution is -2.03. The summed E-state index contributed by atoms with van der Waals surface area (Å²) in [5.41, 5.74) is 12.7. The van der Waals surface area contributed by atoms with Crippen LogP contribution in [-0.4, -0.2) is 4.98 Å². The summed E-state index contributed by atoms with van der Waals surface area (Å²) in [6.45, 7) is 4.30. The first kappa shape index (κ1) is 15.3. The van der Waals surface area contributed by atoms with Gasteiger partial charge in [-0.15, -0.1) is 0 Å². The minimum absolute atomic E-state index is 0.766. The molecule has 0 aliphatic carbocycles. The number of rotatable bonds is 4. The number of para-hydroxylation sites is 1. The fraction of sp³-hybridized carbons (Fsp3) is 0.190. The zero-order chi connectivity index (χ0) is 16.2. The minimum Gasteiger partial charge on any atom is -0.397 e. The molecule has 0 saturated carbocycles. The lowest BCUT2D eigenvalue weighted by molar-refractivity contribution is 1.13. The summed E-state index contributed by atoms with van der Waals surface area (Å²) in [5.74, 6) is 0. The molecule has 1 aromatic heterocycles. The van der Waals surface area contributed by atoms with Crippen molar-refractivity contribution in [3.63, 3.8) is 0 Å². The Morgan fingerprint density at radius 3 is 2.35 bits per heavy atom. The number of hydrogen-bond acceptors (Lipinski definition) is 2. The summed E-state index contributed by atoms with van der Waals surface area (Å²) in [7, 11) is 0. The SMILES string of the molecule is CCC(=C(N)c1ccc2ccccc2n1)c1ccc(CC)cc1. The van der Waals surface area contributed by atoms with Crippen molar-refractivity contribution in [3.05, 3.63) is 77.5 Å². The van der Waals surface area contributed by atoms with Crippen molar-refractivity contribution in [2.45, 2.75) is 26.7 Å². The highest BCUT2D eigenvalue weighted by Crippen LogP contribution is 2.26. The number of fused-ring (bicyclic) bond motifs is 1. The van der Waals surface area contributed by atoms with Gasteiger partial charge in [0.25, 0.3) is 0 Å². The first-order valence-electron chi connectivity index (χ1n) is 8.17. The molecular formula is C21H22N2. The summed E-state index contributed by atoms with van der Waals surface area (Å²) < 4.78 is 0. The summed E-state index contributed by atoms with van der Waals surface area (Å²) >= 11 is 0. The number of aromatic nitrogens is 1. The molecule has 0 bridgehead atoms. The van der Waals surface area contributed by atoms with Gasteiger partial charge in [0.05, 0.1) is 16.9 Å². The molecule has 0 fully saturated rings. The van der Waals surface area contributed by atoms with Crippen molar-refractivity contribution >= 4 is 22.2 Å². The third kappa shape index (κ3) is 3.11. The van der Waals surface area contributed by atoms with Crippen LogP contribution < -0.4 is 5.73 Å². The van der Waals surface area contributed by atoms with Gasteiger partial charge in [-0.2, -0.15) is 0 Å². The van der Waals surface area contributed by atoms with Crippen molar-refractivity contribution in [2.24, 2.45) is 5.73 Å². The predicted molar refractivity (Wildman–Crippen MR) is 98.9 cm³/mol. The highest BCUT2D eigenvalue weighted by atomic mass is 14.8. The zero-order valence-corrected chi connectivity index (χ0v) is 13.7. The number of pyridine rings is 1. The Morgan fingerprint density at radius 1 is 0.913 bits per heavy atom. The highest BCUT2D eigenvalue weighted by molar-refractivity contribution is 5.90. The van der Waals surface area contributed by atoms with E-state index in [0.717, 1.165) is 40.7 Å². The van der Waals surface area contributed by atoms with Gasteiger partial charge in [-0.3, -0.25) is 0 Å². The van der Waals surface area contributed by atoms with Crippen LogP contribution >= 0.6 is 0 Å². The summed E-state index contributed by atoms with van der Waals surface area (Å²) in [6.07, 6.45) is 1.93. The van der Waals surface area contributed by atoms with Gasteiger partial charge in [-0.05, 0) is 41.7 Å². The number of nitrogens with two attached hydrogens (primary N) is 1. The molecular weight excluding hydrogens is 280 g/mol. The average molecular weight is 302 g/mol. The smallest absolute Gasteiger partial charge is 0.0869 e. The van der Waals surface area contributed by atoms with Crippen molar-refractivity contribution in [1.82, 2.24) is 4.98 Å². The van der Waals surface area contributed by atoms with E-state index in [4.69, 9.17) is 10.7 Å². The quantitative estimate of drug-likeness (QED) is 0.733. The van der Waals surface area contributed by atoms with Crippen LogP contribution in [0.15, 0.2) is 60.7 Å². The van der Waals surface area contributed by atoms with E-state index in [1.807, 2.05) is 24.3 Å². The molecule has 3 aromatic rings. The van der Waals surface area contributed by atoms with Crippen LogP contribution in [-0.2, 0) is 6.42 Å². The summed E-state index contributed by atoms with van der Waals surface area (Å²) in [6, 6.07) is 20.9. The van der Waals surface area contributed by atoms with Crippen molar-refractivity contribution < 1.29 is 0 Å². The maximum Gasteiger partial charge on any atom is 0.0869 e. The molecule has 0 saturated heterocycles. The molecule has 23 heavy (non-hydrogen) atoms. The average Bonchev–Trinajstić information content (AvgIpc) is 2.62. The Hall–Kier alpha value is -2.61. The minimum atomic E-state index is 0.766. The Morgan fingerprint density at radius 2 is 1.65 bits per heavy atom. The molecule has 1 heterocycles. The Bertz CT molecular complexity index is 845. The number of allylic oxidation sites excluding steroid dienone is 1. The van der Waals surface area contributed by atoms with Crippen LogP contribution in [0.1, 0.15) is 37.1 Å². The summed E-state index contributed by atoms with van der Waals surface area (Å²) in [4.78, 5) is 4.72. The van der Waals surface area contributed by atoms with Crippen molar-refractivity contribution in [2.75, 3.05) is 0 Å². The van der Waals surface area contributed by atoms with Gasteiger partial charge in [0.2, 0.25) is 0 Å². The van der Waals surface area contributed by atoms with Gasteiger partial charge in [0, 0.05) is 5.39 Å². The van der Waals surface area contributed by atoms with E-state index in [9.17, 15) is 0 Å². The second-order valence-corrected chi connectivity index (χ2v) is 5.69. The van der Waals surface area contributed by atoms with Crippen LogP contribution in [0.3, 0.4) is 0 Å². The van der Waals surface area contributed by atoms with Crippen molar-refractivity contribution in [1.29, 1.82) is 0 Å². The van der Waals surface area contributed by atoms with E-state index in [-0.39, 0.29) is 0 Å². The standard InChI is InChI=1S/C21H22N2/c1-3-15-9-11-16(12-10-15)18(4-2)21(22)20-14-13-17-7-5-6-8-19(17)23-20/h5-14H,3-4,22H2,1-2H3. The largest absolute Gasteiger partial charge is 0.397 e. The molecule has 0 aliphatic rings. The molecule has 0 unspecified atom stereocenters. The third-order valence-corrected chi connectivity index (χ3v) is 4.26. The number of benzene rings is 2. The lowest BCUT2D eigenvalue weighted by atomic mass is 9.98. The maximum atomic E-state index is 6.46. The van der Waals surface area contributed by atoms with Gasteiger partial charge >= 0.3 is 0 Å². The van der Waals surface area contributed by atoms with Crippen LogP contribution in [0.5, 0.6) is 0 Å². The molecule has 2 aromatic carbocycles. The first-order valence-corrected chi connectivity index (χ1v) is 8.17. The van der Waals surface area contributed by atoms with Gasteiger partial charge < -0.3 is 5.73 Å². The monoisotopic (exact) mass is 302 g/mol. The molecule has 2 heteroatoms. The molecule has 3 rings (SSSR count). The number of nitrogens with zero attached hydrogens (tertiary/aromatic N) is 1. The highest BCUT2D eigenvalue weighted by Gasteiger charge is 2.09. The van der Waals surface area contributed by atoms with E-state index >= 15 is 0 Å². The zero-order valence-electron chi connectivity index (χ0n) is 13.7. The number of hydrogen-bond donors (Lipinski definition) is 1. The van der Waals surface area contributed by atoms with Crippen LogP contribution in [0, 0.1) is 0 Å². The van der Waals surface area contributed by atoms with E-state index in [2.05, 4.69) is 50.2 Å². The summed E-state index contributed by atoms with van der Waals surface area (Å²) in [5, 5.41) is 1.13. The fourth-order valence-corrected chi connectivity index (χ4v) is 2.86. The Labute approximate surface area is 137 Å². The van der Waals surface area contributed by atoms with Gasteiger partial charge in [-0.1, -0.05) is 62.4 Å². The topological polar surface area (TPSA) is 38.9 Å². The molecule has 0 atom stereocenters. The molecule has 2 N–H and O–H groups in total. The second-order valence-electron chi connectivity index (χ2n) is 5.69. The van der Waals surface area contributed by atoms with Gasteiger partial charge in [-0.25, -0.2) is 4.98 Å². The van der Waals surface area contributed by atoms with Crippen molar-refractivity contribution in [3.8, 4) is 0 Å². The number of aryl methyl sites for hydroxylation is 1. The van der Waals surface area contributed by atoms with E-state index in [0.29, 0.717) is 0 Å². The van der Waals surface area contributed by atoms with E-state index in [1.54, 1.807) is 0 Å². The molecule has 0 amide bonds. The first-order chi connectivity index (χ1) is 11.2. The maximum absolute atomic E-state index is 6.46. The molecule has 0 aliphatic heterocycles. The Kier molecular flexibility index (Phi) is 4.42. The second kappa shape index (κ2) is 6.66. The molecule has 0 spiro atoms. The van der Waals surface area contributed by atoms with Crippen LogP contribution in [0.4, 0.5) is 0 Å². The van der Waals surface area contributed by atoms with Crippen LogP contribution in [0.25, 0.3) is 22.2 Å². The predicted octanol–water partition coefficient (Wildman–Crippen LogP) is 5.03. The lowest BCUT2D eigenvalue weighted by Gasteiger charge is -2.12. The fourth-order valence-electron chi connectivity index (χ4n) is 2.86. The Balaban J connectivity index is 2.07. The normalized spacial score (nSPS) is 12.3. The third-order valence-electron chi connectivity index (χ3n) is 4.26. The van der Waals surface area contributed by atoms with Crippen LogP contribution in [0.2, 0.25) is 0 Å².